The lowest BCUT2D eigenvalue weighted by Gasteiger charge is -2.24. The van der Waals surface area contributed by atoms with Crippen molar-refractivity contribution in [2.75, 3.05) is 26.9 Å². The smallest absolute Gasteiger partial charge is 0.352 e. The summed E-state index contributed by atoms with van der Waals surface area (Å²) in [6.45, 7) is 6.02. The van der Waals surface area contributed by atoms with Gasteiger partial charge in [0.2, 0.25) is 0 Å². The van der Waals surface area contributed by atoms with E-state index in [4.69, 9.17) is 31.3 Å². The van der Waals surface area contributed by atoms with Crippen LogP contribution in [0.4, 0.5) is 0 Å². The van der Waals surface area contributed by atoms with Crippen LogP contribution in [0.1, 0.15) is 58.1 Å². The number of thioether (sulfide) groups is 1. The summed E-state index contributed by atoms with van der Waals surface area (Å²) in [7, 11) is 5.97. The summed E-state index contributed by atoms with van der Waals surface area (Å²) in [6.07, 6.45) is 3.15. The molecule has 0 spiro atoms. The predicted molar refractivity (Wildman–Crippen MR) is 210 cm³/mol. The lowest BCUT2D eigenvalue weighted by molar-refractivity contribution is 0.0596. The number of fused-ring (bicyclic) bond motifs is 8. The van der Waals surface area contributed by atoms with E-state index < -0.39 is 5.97 Å². The number of aryl methyl sites for hydroxylation is 4. The molecule has 5 heterocycles. The largest absolute Gasteiger partial charge is 0.493 e. The fraction of sp³-hybridized carbons (Fsp3) is 0.390. The number of nitrogens with zero attached hydrogens (tertiary/aromatic N) is 6. The average Bonchev–Trinajstić information content (AvgIpc) is 3.74. The van der Waals surface area contributed by atoms with Gasteiger partial charge in [0, 0.05) is 85.2 Å². The van der Waals surface area contributed by atoms with Gasteiger partial charge >= 0.3 is 5.97 Å². The average molecular weight is 753 g/mol. The first-order valence-corrected chi connectivity index (χ1v) is 19.7. The molecule has 2 aliphatic rings. The van der Waals surface area contributed by atoms with Crippen LogP contribution in [-0.4, -0.2) is 67.0 Å². The number of rotatable bonds is 3. The molecule has 276 valence electrons. The van der Waals surface area contributed by atoms with Crippen LogP contribution in [0.2, 0.25) is 5.02 Å². The maximum atomic E-state index is 13.0. The van der Waals surface area contributed by atoms with Crippen LogP contribution < -0.4 is 4.74 Å². The van der Waals surface area contributed by atoms with Gasteiger partial charge in [0.15, 0.2) is 0 Å². The Balaban J connectivity index is 1.27. The van der Waals surface area contributed by atoms with E-state index in [0.717, 1.165) is 110 Å². The van der Waals surface area contributed by atoms with Crippen molar-refractivity contribution in [1.29, 1.82) is 0 Å². The van der Waals surface area contributed by atoms with E-state index in [1.165, 1.54) is 0 Å². The van der Waals surface area contributed by atoms with Crippen molar-refractivity contribution in [1.82, 2.24) is 29.0 Å². The predicted octanol–water partition coefficient (Wildman–Crippen LogP) is 8.26. The molecule has 2 aliphatic heterocycles. The molecular formula is C41H45ClN6O4S. The molecule has 0 unspecified atom stereocenters. The fourth-order valence-electron chi connectivity index (χ4n) is 8.22. The number of carboxylic acids is 1. The number of aromatic carboxylic acids is 1. The first-order chi connectivity index (χ1) is 25.7. The number of carboxylic acid groups (broad SMARTS) is 1. The van der Waals surface area contributed by atoms with Gasteiger partial charge in [-0.25, -0.2) is 4.79 Å². The van der Waals surface area contributed by atoms with Gasteiger partial charge in [0.05, 0.1) is 34.2 Å². The van der Waals surface area contributed by atoms with E-state index in [1.807, 2.05) is 54.5 Å². The van der Waals surface area contributed by atoms with Gasteiger partial charge in [-0.15, -0.1) is 11.8 Å². The highest BCUT2D eigenvalue weighted by Crippen LogP contribution is 2.43. The van der Waals surface area contributed by atoms with Gasteiger partial charge in [0.25, 0.3) is 0 Å². The Bertz CT molecular complexity index is 2340. The van der Waals surface area contributed by atoms with Crippen LogP contribution in [0.3, 0.4) is 0 Å². The van der Waals surface area contributed by atoms with E-state index in [2.05, 4.69) is 47.0 Å². The molecule has 0 aliphatic carbocycles. The minimum absolute atomic E-state index is 0.270. The van der Waals surface area contributed by atoms with Crippen molar-refractivity contribution in [2.45, 2.75) is 62.9 Å². The quantitative estimate of drug-likeness (QED) is 0.193. The van der Waals surface area contributed by atoms with Gasteiger partial charge in [-0.3, -0.25) is 14.3 Å². The number of halogens is 1. The summed E-state index contributed by atoms with van der Waals surface area (Å²) in [6, 6.07) is 18.7. The standard InChI is InChI=1S/C41H45ClN6O4S/c1-25-37-35(48(43-25)21-26-13-16-51-17-14-26)23-45(2)22-28-19-29(47(4)44-28)24-53-30-18-27-8-5-6-9-31(27)36(20-30)52-15-7-10-32-33-11-12-34(42)38(37)39(33)46(3)40(32)41(49)50/h5-6,8-9,11-12,18-20,26H,7,10,13-17,21-24H2,1-4H3,(H,49,50). The minimum Gasteiger partial charge on any atom is -0.493 e. The molecule has 1 fully saturated rings. The highest BCUT2D eigenvalue weighted by atomic mass is 35.5. The van der Waals surface area contributed by atoms with Gasteiger partial charge in [0.1, 0.15) is 11.4 Å². The third-order valence-electron chi connectivity index (χ3n) is 10.8. The molecule has 1 N–H and O–H groups in total. The van der Waals surface area contributed by atoms with Gasteiger partial charge in [-0.05, 0) is 80.8 Å². The SMILES string of the molecule is Cc1nn(CC2CCOCC2)c2c1-c1c(Cl)ccc3c(c(C(=O)O)n(C)c13)CCCOc1cc(cc3ccccc13)SCc1cc(nn1C)CN(C)C2. The first-order valence-electron chi connectivity index (χ1n) is 18.3. The summed E-state index contributed by atoms with van der Waals surface area (Å²) < 4.78 is 18.1. The van der Waals surface area contributed by atoms with Crippen LogP contribution >= 0.6 is 23.4 Å². The highest BCUT2D eigenvalue weighted by Gasteiger charge is 2.29. The monoisotopic (exact) mass is 752 g/mol. The third-order valence-corrected chi connectivity index (χ3v) is 12.1. The normalized spacial score (nSPS) is 16.5. The molecule has 3 aromatic heterocycles. The minimum atomic E-state index is -0.964. The maximum Gasteiger partial charge on any atom is 0.352 e. The zero-order valence-corrected chi connectivity index (χ0v) is 32.3. The second-order valence-electron chi connectivity index (χ2n) is 14.5. The van der Waals surface area contributed by atoms with Crippen LogP contribution in [0.25, 0.3) is 32.8 Å². The molecule has 12 heteroatoms. The molecule has 0 radical (unpaired) electrons. The number of benzene rings is 3. The van der Waals surface area contributed by atoms with Crippen LogP contribution in [0.15, 0.2) is 59.5 Å². The van der Waals surface area contributed by atoms with Crippen molar-refractivity contribution in [3.05, 3.63) is 93.7 Å². The van der Waals surface area contributed by atoms with E-state index in [-0.39, 0.29) is 5.69 Å². The van der Waals surface area contributed by atoms with Gasteiger partial charge in [-0.1, -0.05) is 41.9 Å². The Labute approximate surface area is 318 Å². The second kappa shape index (κ2) is 14.9. The van der Waals surface area contributed by atoms with Crippen molar-refractivity contribution in [2.24, 2.45) is 20.0 Å². The zero-order valence-electron chi connectivity index (χ0n) is 30.7. The topological polar surface area (TPSA) is 99.6 Å². The second-order valence-corrected chi connectivity index (χ2v) is 15.9. The lowest BCUT2D eigenvalue weighted by Crippen LogP contribution is -2.25. The zero-order chi connectivity index (χ0) is 36.8. The molecule has 6 aromatic rings. The molecular weight excluding hydrogens is 708 g/mol. The number of aromatic nitrogens is 5. The molecule has 8 rings (SSSR count). The summed E-state index contributed by atoms with van der Waals surface area (Å²) in [5.41, 5.74) is 7.71. The van der Waals surface area contributed by atoms with Crippen molar-refractivity contribution < 1.29 is 19.4 Å². The summed E-state index contributed by atoms with van der Waals surface area (Å²) in [5.74, 6) is 1.08. The van der Waals surface area contributed by atoms with Crippen LogP contribution in [0.5, 0.6) is 5.75 Å². The van der Waals surface area contributed by atoms with Crippen molar-refractivity contribution in [3.8, 4) is 16.9 Å². The van der Waals surface area contributed by atoms with E-state index in [9.17, 15) is 9.90 Å². The number of ether oxygens (including phenoxy) is 2. The lowest BCUT2D eigenvalue weighted by atomic mass is 9.97. The van der Waals surface area contributed by atoms with Crippen LogP contribution in [-0.2, 0) is 50.6 Å². The Kier molecular flexibility index (Phi) is 10.0. The Hall–Kier alpha value is -4.29. The summed E-state index contributed by atoms with van der Waals surface area (Å²) >= 11 is 8.95. The van der Waals surface area contributed by atoms with E-state index >= 15 is 0 Å². The first kappa shape index (κ1) is 35.7. The molecule has 3 aromatic carbocycles. The number of hydrogen-bond donors (Lipinski definition) is 1. The van der Waals surface area contributed by atoms with E-state index in [0.29, 0.717) is 43.5 Å². The summed E-state index contributed by atoms with van der Waals surface area (Å²) in [5, 5.41) is 24.3. The Morgan fingerprint density at radius 3 is 2.60 bits per heavy atom. The highest BCUT2D eigenvalue weighted by molar-refractivity contribution is 7.98. The fourth-order valence-corrected chi connectivity index (χ4v) is 9.45. The van der Waals surface area contributed by atoms with E-state index in [1.54, 1.807) is 11.8 Å². The third kappa shape index (κ3) is 6.96. The molecule has 0 saturated carbocycles. The Morgan fingerprint density at radius 2 is 1.79 bits per heavy atom. The van der Waals surface area contributed by atoms with Crippen molar-refractivity contribution in [3.63, 3.8) is 0 Å². The Morgan fingerprint density at radius 1 is 0.981 bits per heavy atom. The van der Waals surface area contributed by atoms with Gasteiger partial charge < -0.3 is 19.1 Å². The number of carbonyl (C=O) groups is 1. The van der Waals surface area contributed by atoms with Crippen LogP contribution in [0, 0.1) is 12.8 Å². The molecule has 8 bridgehead atoms. The summed E-state index contributed by atoms with van der Waals surface area (Å²) in [4.78, 5) is 16.4. The number of hydrogen-bond acceptors (Lipinski definition) is 7. The molecule has 0 atom stereocenters. The van der Waals surface area contributed by atoms with Crippen molar-refractivity contribution >= 4 is 51.0 Å². The molecule has 53 heavy (non-hydrogen) atoms. The molecule has 10 nitrogen and oxygen atoms in total. The molecule has 1 saturated heterocycles. The molecule has 0 amide bonds. The van der Waals surface area contributed by atoms with Gasteiger partial charge in [-0.2, -0.15) is 10.2 Å². The maximum absolute atomic E-state index is 13.0.